The van der Waals surface area contributed by atoms with E-state index in [4.69, 9.17) is 9.47 Å². The summed E-state index contributed by atoms with van der Waals surface area (Å²) in [4.78, 5) is 0. The van der Waals surface area contributed by atoms with Crippen molar-refractivity contribution >= 4 is 0 Å². The summed E-state index contributed by atoms with van der Waals surface area (Å²) in [6.45, 7) is 7.33. The van der Waals surface area contributed by atoms with E-state index in [1.54, 1.807) is 0 Å². The molecule has 3 atom stereocenters. The molecule has 0 heterocycles. The number of ether oxygens (including phenoxy) is 2. The van der Waals surface area contributed by atoms with Crippen LogP contribution in [-0.2, 0) is 0 Å². The molecule has 1 aliphatic carbocycles. The molecule has 0 spiro atoms. The van der Waals surface area contributed by atoms with Gasteiger partial charge in [0.1, 0.15) is 17.6 Å². The van der Waals surface area contributed by atoms with Crippen LogP contribution in [0.1, 0.15) is 40.0 Å². The maximum absolute atomic E-state index is 6.25. The minimum absolute atomic E-state index is 0.258. The summed E-state index contributed by atoms with van der Waals surface area (Å²) in [6, 6.07) is 8.44. The molecule has 0 radical (unpaired) electrons. The average molecular weight is 291 g/mol. The van der Waals surface area contributed by atoms with Crippen molar-refractivity contribution < 1.29 is 9.47 Å². The minimum atomic E-state index is 0.258. The van der Waals surface area contributed by atoms with Gasteiger partial charge in [-0.1, -0.05) is 13.8 Å². The molecule has 2 rings (SSSR count). The third-order valence-corrected chi connectivity index (χ3v) is 4.57. The Bertz CT molecular complexity index is 416. The molecule has 0 aromatic heterocycles. The van der Waals surface area contributed by atoms with Gasteiger partial charge >= 0.3 is 0 Å². The molecule has 118 valence electrons. The summed E-state index contributed by atoms with van der Waals surface area (Å²) in [5.74, 6) is 3.34. The molecular formula is C18H29NO2. The number of nitrogens with one attached hydrogen (secondary N) is 1. The van der Waals surface area contributed by atoms with Crippen LogP contribution in [0, 0.1) is 11.8 Å². The molecule has 1 aromatic rings. The largest absolute Gasteiger partial charge is 0.494 e. The van der Waals surface area contributed by atoms with Crippen LogP contribution in [0.4, 0.5) is 0 Å². The van der Waals surface area contributed by atoms with E-state index in [9.17, 15) is 0 Å². The molecule has 3 unspecified atom stereocenters. The van der Waals surface area contributed by atoms with E-state index in [0.717, 1.165) is 29.8 Å². The van der Waals surface area contributed by atoms with E-state index in [1.807, 2.05) is 38.2 Å². The molecule has 0 aliphatic heterocycles. The summed E-state index contributed by atoms with van der Waals surface area (Å²) in [5.41, 5.74) is 0. The zero-order valence-electron chi connectivity index (χ0n) is 13.8. The van der Waals surface area contributed by atoms with Crippen LogP contribution in [0.15, 0.2) is 24.3 Å². The third kappa shape index (κ3) is 4.37. The fourth-order valence-corrected chi connectivity index (χ4v) is 3.18. The normalized spacial score (nSPS) is 25.9. The lowest BCUT2D eigenvalue weighted by molar-refractivity contribution is 0.0749. The second kappa shape index (κ2) is 7.69. The Kier molecular flexibility index (Phi) is 5.92. The molecule has 0 amide bonds. The molecule has 21 heavy (non-hydrogen) atoms. The first-order chi connectivity index (χ1) is 10.1. The maximum Gasteiger partial charge on any atom is 0.120 e. The van der Waals surface area contributed by atoms with Gasteiger partial charge < -0.3 is 14.8 Å². The van der Waals surface area contributed by atoms with Gasteiger partial charge in [-0.25, -0.2) is 0 Å². The van der Waals surface area contributed by atoms with Gasteiger partial charge in [0.15, 0.2) is 0 Å². The summed E-state index contributed by atoms with van der Waals surface area (Å²) in [5, 5.41) is 3.42. The van der Waals surface area contributed by atoms with Crippen LogP contribution in [0.5, 0.6) is 11.5 Å². The number of benzene rings is 1. The monoisotopic (exact) mass is 291 g/mol. The molecule has 1 fully saturated rings. The standard InChI is InChI=1S/C18H29NO2/c1-5-20-15-7-9-16(10-8-15)21-18-12-14(13(2)3)6-11-17(18)19-4/h7-10,13-14,17-19H,5-6,11-12H2,1-4H3. The van der Waals surface area contributed by atoms with Crippen molar-refractivity contribution in [3.63, 3.8) is 0 Å². The Hall–Kier alpha value is -1.22. The first kappa shape index (κ1) is 16.2. The average Bonchev–Trinajstić information content (AvgIpc) is 2.49. The van der Waals surface area contributed by atoms with Gasteiger partial charge in [0.2, 0.25) is 0 Å². The molecule has 1 aliphatic rings. The Morgan fingerprint density at radius 2 is 1.81 bits per heavy atom. The Labute approximate surface area is 129 Å². The molecule has 3 heteroatoms. The van der Waals surface area contributed by atoms with Gasteiger partial charge in [0.25, 0.3) is 0 Å². The lowest BCUT2D eigenvalue weighted by atomic mass is 9.78. The van der Waals surface area contributed by atoms with Crippen LogP contribution < -0.4 is 14.8 Å². The SMILES string of the molecule is CCOc1ccc(OC2CC(C(C)C)CCC2NC)cc1. The highest BCUT2D eigenvalue weighted by molar-refractivity contribution is 5.31. The van der Waals surface area contributed by atoms with E-state index in [1.165, 1.54) is 12.8 Å². The summed E-state index contributed by atoms with van der Waals surface area (Å²) in [7, 11) is 2.04. The van der Waals surface area contributed by atoms with Gasteiger partial charge in [0.05, 0.1) is 6.61 Å². The molecule has 1 saturated carbocycles. The van der Waals surface area contributed by atoms with Gasteiger partial charge in [0, 0.05) is 6.04 Å². The zero-order valence-corrected chi connectivity index (χ0v) is 13.8. The number of hydrogen-bond donors (Lipinski definition) is 1. The van der Waals surface area contributed by atoms with Gasteiger partial charge in [-0.05, 0) is 69.3 Å². The Morgan fingerprint density at radius 3 is 2.38 bits per heavy atom. The second-order valence-corrected chi connectivity index (χ2v) is 6.27. The summed E-state index contributed by atoms with van der Waals surface area (Å²) >= 11 is 0. The van der Waals surface area contributed by atoms with Crippen LogP contribution in [0.3, 0.4) is 0 Å². The smallest absolute Gasteiger partial charge is 0.120 e. The van der Waals surface area contributed by atoms with Crippen molar-refractivity contribution in [1.82, 2.24) is 5.32 Å². The highest BCUT2D eigenvalue weighted by Gasteiger charge is 2.32. The van der Waals surface area contributed by atoms with Crippen molar-refractivity contribution in [3.05, 3.63) is 24.3 Å². The number of rotatable bonds is 6. The van der Waals surface area contributed by atoms with Gasteiger partial charge in [-0.15, -0.1) is 0 Å². The summed E-state index contributed by atoms with van der Waals surface area (Å²) < 4.78 is 11.7. The molecule has 3 nitrogen and oxygen atoms in total. The number of hydrogen-bond acceptors (Lipinski definition) is 3. The highest BCUT2D eigenvalue weighted by atomic mass is 16.5. The topological polar surface area (TPSA) is 30.5 Å². The lowest BCUT2D eigenvalue weighted by Gasteiger charge is -2.37. The number of likely N-dealkylation sites (N-methyl/N-ethyl adjacent to an activating group) is 1. The lowest BCUT2D eigenvalue weighted by Crippen LogP contribution is -2.46. The van der Waals surface area contributed by atoms with Crippen LogP contribution in [0.25, 0.3) is 0 Å². The fraction of sp³-hybridized carbons (Fsp3) is 0.667. The predicted octanol–water partition coefficient (Wildman–Crippen LogP) is 3.88. The first-order valence-corrected chi connectivity index (χ1v) is 8.20. The van der Waals surface area contributed by atoms with Crippen molar-refractivity contribution in [3.8, 4) is 11.5 Å². The van der Waals surface area contributed by atoms with Crippen molar-refractivity contribution in [2.45, 2.75) is 52.2 Å². The summed E-state index contributed by atoms with van der Waals surface area (Å²) in [6.07, 6.45) is 3.89. The second-order valence-electron chi connectivity index (χ2n) is 6.27. The predicted molar refractivity (Wildman–Crippen MR) is 87.1 cm³/mol. The Morgan fingerprint density at radius 1 is 1.14 bits per heavy atom. The van der Waals surface area contributed by atoms with Gasteiger partial charge in [-0.2, -0.15) is 0 Å². The van der Waals surface area contributed by atoms with Crippen LogP contribution in [0.2, 0.25) is 0 Å². The van der Waals surface area contributed by atoms with E-state index < -0.39 is 0 Å². The van der Waals surface area contributed by atoms with Crippen molar-refractivity contribution in [2.75, 3.05) is 13.7 Å². The van der Waals surface area contributed by atoms with Crippen LogP contribution >= 0.6 is 0 Å². The Balaban J connectivity index is 2.00. The van der Waals surface area contributed by atoms with E-state index in [2.05, 4.69) is 19.2 Å². The first-order valence-electron chi connectivity index (χ1n) is 8.20. The molecule has 1 aromatic carbocycles. The minimum Gasteiger partial charge on any atom is -0.494 e. The molecule has 1 N–H and O–H groups in total. The molecule has 0 bridgehead atoms. The van der Waals surface area contributed by atoms with Crippen molar-refractivity contribution in [2.24, 2.45) is 11.8 Å². The quantitative estimate of drug-likeness (QED) is 0.863. The maximum atomic E-state index is 6.25. The van der Waals surface area contributed by atoms with Gasteiger partial charge in [-0.3, -0.25) is 0 Å². The van der Waals surface area contributed by atoms with E-state index in [-0.39, 0.29) is 6.10 Å². The van der Waals surface area contributed by atoms with Crippen molar-refractivity contribution in [1.29, 1.82) is 0 Å². The van der Waals surface area contributed by atoms with Crippen LogP contribution in [-0.4, -0.2) is 25.8 Å². The van der Waals surface area contributed by atoms with E-state index >= 15 is 0 Å². The molecular weight excluding hydrogens is 262 g/mol. The molecule has 0 saturated heterocycles. The third-order valence-electron chi connectivity index (χ3n) is 4.57. The fourth-order valence-electron chi connectivity index (χ4n) is 3.18. The zero-order chi connectivity index (χ0) is 15.2. The van der Waals surface area contributed by atoms with E-state index in [0.29, 0.717) is 12.6 Å². The highest BCUT2D eigenvalue weighted by Crippen LogP contribution is 2.32.